The first kappa shape index (κ1) is 15.1. The van der Waals surface area contributed by atoms with E-state index in [-0.39, 0.29) is 0 Å². The molecule has 0 aliphatic carbocycles. The van der Waals surface area contributed by atoms with E-state index in [9.17, 15) is 8.78 Å². The van der Waals surface area contributed by atoms with Gasteiger partial charge in [-0.3, -0.25) is 0 Å². The average Bonchev–Trinajstić information content (AvgIpc) is 2.43. The Balaban J connectivity index is 2.58. The van der Waals surface area contributed by atoms with Crippen molar-refractivity contribution in [2.75, 3.05) is 7.05 Å². The summed E-state index contributed by atoms with van der Waals surface area (Å²) in [5.74, 6) is -1.58. The van der Waals surface area contributed by atoms with Crippen LogP contribution in [0.1, 0.15) is 28.3 Å². The van der Waals surface area contributed by atoms with Gasteiger partial charge in [-0.1, -0.05) is 45.8 Å². The summed E-state index contributed by atoms with van der Waals surface area (Å²) in [6.07, 6.45) is 0. The van der Waals surface area contributed by atoms with Crippen molar-refractivity contribution in [3.8, 4) is 0 Å². The molecule has 1 N–H and O–H groups in total. The monoisotopic (exact) mass is 339 g/mol. The highest BCUT2D eigenvalue weighted by Crippen LogP contribution is 2.31. The van der Waals surface area contributed by atoms with Crippen LogP contribution < -0.4 is 5.32 Å². The van der Waals surface area contributed by atoms with Crippen molar-refractivity contribution >= 4 is 15.9 Å². The molecule has 0 saturated heterocycles. The van der Waals surface area contributed by atoms with E-state index in [1.165, 1.54) is 0 Å². The molecule has 2 aromatic carbocycles. The van der Waals surface area contributed by atoms with Crippen molar-refractivity contribution in [2.45, 2.75) is 19.9 Å². The van der Waals surface area contributed by atoms with E-state index in [1.54, 1.807) is 26.1 Å². The first-order valence-corrected chi connectivity index (χ1v) is 7.12. The molecule has 0 aliphatic rings. The fourth-order valence-electron chi connectivity index (χ4n) is 2.25. The molecular weight excluding hydrogens is 324 g/mol. The van der Waals surface area contributed by atoms with E-state index >= 15 is 0 Å². The van der Waals surface area contributed by atoms with Gasteiger partial charge in [-0.2, -0.15) is 0 Å². The number of hydrogen-bond donors (Lipinski definition) is 1. The van der Waals surface area contributed by atoms with Gasteiger partial charge in [-0.15, -0.1) is 0 Å². The second-order valence-electron chi connectivity index (χ2n) is 4.85. The summed E-state index contributed by atoms with van der Waals surface area (Å²) in [7, 11) is 1.73. The highest BCUT2D eigenvalue weighted by Gasteiger charge is 2.21. The molecule has 0 spiro atoms. The Hall–Kier alpha value is -1.26. The Morgan fingerprint density at radius 1 is 1.00 bits per heavy atom. The molecule has 0 aromatic heterocycles. The first-order valence-electron chi connectivity index (χ1n) is 6.33. The van der Waals surface area contributed by atoms with Gasteiger partial charge in [0, 0.05) is 10.0 Å². The zero-order valence-electron chi connectivity index (χ0n) is 11.6. The zero-order valence-corrected chi connectivity index (χ0v) is 13.2. The van der Waals surface area contributed by atoms with Crippen molar-refractivity contribution < 1.29 is 8.78 Å². The quantitative estimate of drug-likeness (QED) is 0.857. The SMILES string of the molecule is CNC(c1cc(C)ccc1Br)c1ccc(C)c(F)c1F. The summed E-state index contributed by atoms with van der Waals surface area (Å²) in [5.41, 5.74) is 2.57. The number of rotatable bonds is 3. The van der Waals surface area contributed by atoms with Crippen molar-refractivity contribution in [3.05, 3.63) is 68.7 Å². The van der Waals surface area contributed by atoms with Crippen molar-refractivity contribution in [3.63, 3.8) is 0 Å². The van der Waals surface area contributed by atoms with Crippen LogP contribution in [0.25, 0.3) is 0 Å². The van der Waals surface area contributed by atoms with Gasteiger partial charge in [-0.05, 0) is 38.1 Å². The van der Waals surface area contributed by atoms with Gasteiger partial charge < -0.3 is 5.32 Å². The lowest BCUT2D eigenvalue weighted by molar-refractivity contribution is 0.482. The van der Waals surface area contributed by atoms with Crippen LogP contribution in [0, 0.1) is 25.5 Å². The molecule has 1 nitrogen and oxygen atoms in total. The van der Waals surface area contributed by atoms with Gasteiger partial charge in [-0.25, -0.2) is 8.78 Å². The highest BCUT2D eigenvalue weighted by atomic mass is 79.9. The third-order valence-electron chi connectivity index (χ3n) is 3.37. The molecule has 1 atom stereocenters. The van der Waals surface area contributed by atoms with Crippen LogP contribution in [-0.2, 0) is 0 Å². The van der Waals surface area contributed by atoms with E-state index in [4.69, 9.17) is 0 Å². The maximum absolute atomic E-state index is 14.2. The lowest BCUT2D eigenvalue weighted by Gasteiger charge is -2.20. The fraction of sp³-hybridized carbons (Fsp3) is 0.250. The molecule has 4 heteroatoms. The fourth-order valence-corrected chi connectivity index (χ4v) is 2.72. The Kier molecular flexibility index (Phi) is 4.55. The Morgan fingerprint density at radius 2 is 1.70 bits per heavy atom. The van der Waals surface area contributed by atoms with Crippen LogP contribution in [-0.4, -0.2) is 7.05 Å². The van der Waals surface area contributed by atoms with E-state index in [1.807, 2.05) is 25.1 Å². The minimum atomic E-state index is -0.794. The maximum atomic E-state index is 14.2. The molecule has 20 heavy (non-hydrogen) atoms. The second kappa shape index (κ2) is 6.02. The third kappa shape index (κ3) is 2.76. The van der Waals surface area contributed by atoms with Crippen LogP contribution in [0.4, 0.5) is 8.78 Å². The summed E-state index contributed by atoms with van der Waals surface area (Å²) >= 11 is 3.47. The predicted octanol–water partition coefficient (Wildman–Crippen LogP) is 4.65. The molecular formula is C16H16BrF2N. The van der Waals surface area contributed by atoms with E-state index in [2.05, 4.69) is 21.2 Å². The van der Waals surface area contributed by atoms with Crippen molar-refractivity contribution in [2.24, 2.45) is 0 Å². The number of hydrogen-bond acceptors (Lipinski definition) is 1. The van der Waals surface area contributed by atoms with Crippen LogP contribution in [0.15, 0.2) is 34.8 Å². The van der Waals surface area contributed by atoms with Gasteiger partial charge >= 0.3 is 0 Å². The smallest absolute Gasteiger partial charge is 0.164 e. The molecule has 0 fully saturated rings. The van der Waals surface area contributed by atoms with Gasteiger partial charge in [0.15, 0.2) is 11.6 Å². The summed E-state index contributed by atoms with van der Waals surface area (Å²) in [6, 6.07) is 8.66. The second-order valence-corrected chi connectivity index (χ2v) is 5.70. The number of halogens is 3. The van der Waals surface area contributed by atoms with Crippen LogP contribution in [0.3, 0.4) is 0 Å². The lowest BCUT2D eigenvalue weighted by Crippen LogP contribution is -2.20. The molecule has 1 unspecified atom stereocenters. The minimum Gasteiger partial charge on any atom is -0.309 e. The molecule has 0 radical (unpaired) electrons. The van der Waals surface area contributed by atoms with Gasteiger partial charge in [0.2, 0.25) is 0 Å². The third-order valence-corrected chi connectivity index (χ3v) is 4.09. The number of aryl methyl sites for hydroxylation is 2. The standard InChI is InChI=1S/C16H16BrF2N/c1-9-4-7-13(17)12(8-9)16(20-3)11-6-5-10(2)14(18)15(11)19/h4-8,16,20H,1-3H3. The van der Waals surface area contributed by atoms with Crippen LogP contribution in [0.2, 0.25) is 0 Å². The normalized spacial score (nSPS) is 12.5. The Morgan fingerprint density at radius 3 is 2.35 bits per heavy atom. The summed E-state index contributed by atoms with van der Waals surface area (Å²) < 4.78 is 28.8. The van der Waals surface area contributed by atoms with Crippen molar-refractivity contribution in [1.29, 1.82) is 0 Å². The topological polar surface area (TPSA) is 12.0 Å². The Labute approximate surface area is 126 Å². The Bertz CT molecular complexity index is 641. The highest BCUT2D eigenvalue weighted by molar-refractivity contribution is 9.10. The van der Waals surface area contributed by atoms with Crippen LogP contribution >= 0.6 is 15.9 Å². The molecule has 2 rings (SSSR count). The number of nitrogens with one attached hydrogen (secondary N) is 1. The minimum absolute atomic E-state index is 0.307. The van der Waals surface area contributed by atoms with Gasteiger partial charge in [0.1, 0.15) is 0 Å². The van der Waals surface area contributed by atoms with Gasteiger partial charge in [0.25, 0.3) is 0 Å². The molecule has 0 aliphatic heterocycles. The van der Waals surface area contributed by atoms with Crippen molar-refractivity contribution in [1.82, 2.24) is 5.32 Å². The average molecular weight is 340 g/mol. The van der Waals surface area contributed by atoms with Gasteiger partial charge in [0.05, 0.1) is 6.04 Å². The maximum Gasteiger partial charge on any atom is 0.164 e. The molecule has 2 aromatic rings. The lowest BCUT2D eigenvalue weighted by atomic mass is 9.96. The molecule has 0 saturated carbocycles. The molecule has 0 bridgehead atoms. The van der Waals surface area contributed by atoms with E-state index < -0.39 is 17.7 Å². The first-order chi connectivity index (χ1) is 9.45. The van der Waals surface area contributed by atoms with Crippen LogP contribution in [0.5, 0.6) is 0 Å². The van der Waals surface area contributed by atoms with E-state index in [0.29, 0.717) is 11.1 Å². The summed E-state index contributed by atoms with van der Waals surface area (Å²) in [6.45, 7) is 3.52. The largest absolute Gasteiger partial charge is 0.309 e. The summed E-state index contributed by atoms with van der Waals surface area (Å²) in [4.78, 5) is 0. The molecule has 0 amide bonds. The summed E-state index contributed by atoms with van der Waals surface area (Å²) in [5, 5.41) is 3.05. The zero-order chi connectivity index (χ0) is 14.9. The van der Waals surface area contributed by atoms with E-state index in [0.717, 1.165) is 15.6 Å². The molecule has 0 heterocycles. The number of benzene rings is 2. The predicted molar refractivity (Wildman–Crippen MR) is 80.9 cm³/mol. The molecule has 106 valence electrons.